The van der Waals surface area contributed by atoms with E-state index in [0.29, 0.717) is 16.9 Å². The van der Waals surface area contributed by atoms with E-state index in [9.17, 15) is 14.4 Å². The van der Waals surface area contributed by atoms with Crippen LogP contribution in [0.2, 0.25) is 0 Å². The van der Waals surface area contributed by atoms with Crippen LogP contribution >= 0.6 is 0 Å². The number of nitrogens with zero attached hydrogens (tertiary/aromatic N) is 1. The first-order chi connectivity index (χ1) is 17.6. The molecule has 3 aromatic rings. The maximum Gasteiger partial charge on any atom is 0.341 e. The third-order valence-electron chi connectivity index (χ3n) is 6.21. The van der Waals surface area contributed by atoms with E-state index in [-0.39, 0.29) is 17.7 Å². The number of amides is 2. The molecular formula is C31H34N2O4. The summed E-state index contributed by atoms with van der Waals surface area (Å²) < 4.78 is 5.43. The highest BCUT2D eigenvalue weighted by Crippen LogP contribution is 2.35. The molecule has 37 heavy (non-hydrogen) atoms. The van der Waals surface area contributed by atoms with E-state index in [1.165, 1.54) is 6.92 Å². The summed E-state index contributed by atoms with van der Waals surface area (Å²) in [7, 11) is 0. The number of imide groups is 1. The molecule has 0 aromatic heterocycles. The molecule has 0 saturated carbocycles. The van der Waals surface area contributed by atoms with Crippen molar-refractivity contribution in [2.75, 3.05) is 16.8 Å². The molecule has 0 aliphatic carbocycles. The Labute approximate surface area is 219 Å². The summed E-state index contributed by atoms with van der Waals surface area (Å²) in [6.07, 6.45) is 3.72. The van der Waals surface area contributed by atoms with Crippen molar-refractivity contribution in [3.8, 4) is 0 Å². The van der Waals surface area contributed by atoms with Gasteiger partial charge in [-0.25, -0.2) is 9.69 Å². The Morgan fingerprint density at radius 2 is 1.43 bits per heavy atom. The number of rotatable bonds is 7. The van der Waals surface area contributed by atoms with E-state index in [4.69, 9.17) is 4.74 Å². The molecule has 3 rings (SSSR count). The monoisotopic (exact) mass is 498 g/mol. The van der Waals surface area contributed by atoms with Crippen LogP contribution in [0.4, 0.5) is 17.1 Å². The van der Waals surface area contributed by atoms with Gasteiger partial charge in [-0.05, 0) is 75.4 Å². The van der Waals surface area contributed by atoms with Crippen LogP contribution in [0.15, 0.2) is 54.6 Å². The van der Waals surface area contributed by atoms with Gasteiger partial charge in [0.15, 0.2) is 0 Å². The summed E-state index contributed by atoms with van der Waals surface area (Å²) in [5, 5.41) is 3.42. The number of para-hydroxylation sites is 2. The van der Waals surface area contributed by atoms with Gasteiger partial charge in [0.25, 0.3) is 5.91 Å². The van der Waals surface area contributed by atoms with Crippen molar-refractivity contribution in [2.24, 2.45) is 0 Å². The van der Waals surface area contributed by atoms with Crippen molar-refractivity contribution in [2.45, 2.75) is 48.5 Å². The van der Waals surface area contributed by atoms with Gasteiger partial charge in [-0.15, -0.1) is 0 Å². The number of allylic oxidation sites excluding steroid dienone is 1. The van der Waals surface area contributed by atoms with E-state index < -0.39 is 17.8 Å². The topological polar surface area (TPSA) is 75.7 Å². The van der Waals surface area contributed by atoms with Crippen LogP contribution in [-0.4, -0.2) is 24.4 Å². The Balaban J connectivity index is 2.33. The first kappa shape index (κ1) is 27.4. The molecule has 0 saturated heterocycles. The largest absolute Gasteiger partial charge is 0.462 e. The molecule has 192 valence electrons. The van der Waals surface area contributed by atoms with Gasteiger partial charge in [0.1, 0.15) is 0 Å². The van der Waals surface area contributed by atoms with E-state index in [1.807, 2.05) is 83.2 Å². The number of anilines is 3. The number of esters is 1. The molecule has 0 bridgehead atoms. The van der Waals surface area contributed by atoms with Crippen molar-refractivity contribution in [1.82, 2.24) is 0 Å². The Morgan fingerprint density at radius 3 is 1.95 bits per heavy atom. The van der Waals surface area contributed by atoms with Crippen LogP contribution in [0, 0.1) is 27.7 Å². The van der Waals surface area contributed by atoms with Gasteiger partial charge >= 0.3 is 5.97 Å². The summed E-state index contributed by atoms with van der Waals surface area (Å²) in [5.41, 5.74) is 6.20. The van der Waals surface area contributed by atoms with Gasteiger partial charge in [-0.1, -0.05) is 54.6 Å². The molecule has 6 heteroatoms. The minimum absolute atomic E-state index is 0.0818. The summed E-state index contributed by atoms with van der Waals surface area (Å²) in [6, 6.07) is 14.8. The average Bonchev–Trinajstić information content (AvgIpc) is 2.84. The third kappa shape index (κ3) is 5.64. The molecule has 2 amide bonds. The van der Waals surface area contributed by atoms with Crippen LogP contribution < -0.4 is 10.2 Å². The Kier molecular flexibility index (Phi) is 8.66. The van der Waals surface area contributed by atoms with E-state index in [1.54, 1.807) is 19.1 Å². The van der Waals surface area contributed by atoms with Crippen LogP contribution in [-0.2, 0) is 9.53 Å². The number of aryl methyl sites for hydroxylation is 4. The molecule has 0 fully saturated rings. The molecule has 0 atom stereocenters. The lowest BCUT2D eigenvalue weighted by atomic mass is 9.97. The number of nitrogens with one attached hydrogen (secondary N) is 1. The van der Waals surface area contributed by atoms with Crippen LogP contribution in [0.25, 0.3) is 6.08 Å². The minimum atomic E-state index is -0.643. The molecule has 0 heterocycles. The van der Waals surface area contributed by atoms with E-state index in [0.717, 1.165) is 32.8 Å². The number of carbonyl (C=O) groups excluding carboxylic acids is 3. The molecule has 0 radical (unpaired) electrons. The third-order valence-corrected chi connectivity index (χ3v) is 6.21. The summed E-state index contributed by atoms with van der Waals surface area (Å²) in [4.78, 5) is 41.5. The highest BCUT2D eigenvalue weighted by atomic mass is 16.5. The fourth-order valence-corrected chi connectivity index (χ4v) is 4.48. The van der Waals surface area contributed by atoms with Gasteiger partial charge in [-0.2, -0.15) is 0 Å². The zero-order chi connectivity index (χ0) is 27.3. The molecular weight excluding hydrogens is 464 g/mol. The lowest BCUT2D eigenvalue weighted by molar-refractivity contribution is -0.116. The van der Waals surface area contributed by atoms with Crippen LogP contribution in [0.5, 0.6) is 0 Å². The van der Waals surface area contributed by atoms with Gasteiger partial charge in [0, 0.05) is 12.6 Å². The van der Waals surface area contributed by atoms with Crippen molar-refractivity contribution >= 4 is 40.9 Å². The quantitative estimate of drug-likeness (QED) is 0.353. The van der Waals surface area contributed by atoms with Crippen molar-refractivity contribution in [1.29, 1.82) is 0 Å². The zero-order valence-corrected chi connectivity index (χ0v) is 22.6. The second kappa shape index (κ2) is 11.7. The predicted molar refractivity (Wildman–Crippen MR) is 150 cm³/mol. The van der Waals surface area contributed by atoms with Crippen molar-refractivity contribution in [3.05, 3.63) is 93.6 Å². The smallest absolute Gasteiger partial charge is 0.341 e. The van der Waals surface area contributed by atoms with Crippen molar-refractivity contribution in [3.63, 3.8) is 0 Å². The number of benzene rings is 3. The normalized spacial score (nSPS) is 10.9. The predicted octanol–water partition coefficient (Wildman–Crippen LogP) is 7.07. The number of carbonyl (C=O) groups is 3. The Bertz CT molecular complexity index is 1350. The zero-order valence-electron chi connectivity index (χ0n) is 22.6. The Hall–Kier alpha value is -4.19. The highest BCUT2D eigenvalue weighted by Gasteiger charge is 2.31. The lowest BCUT2D eigenvalue weighted by Crippen LogP contribution is -2.37. The molecule has 0 aliphatic rings. The molecule has 1 N–H and O–H groups in total. The first-order valence-electron chi connectivity index (χ1n) is 12.3. The van der Waals surface area contributed by atoms with Gasteiger partial charge in [0.2, 0.25) is 5.91 Å². The van der Waals surface area contributed by atoms with Crippen LogP contribution in [0.3, 0.4) is 0 Å². The fraction of sp³-hybridized carbons (Fsp3) is 0.258. The maximum atomic E-state index is 14.1. The van der Waals surface area contributed by atoms with Gasteiger partial charge in [0.05, 0.1) is 29.1 Å². The Morgan fingerprint density at radius 1 is 0.865 bits per heavy atom. The second-order valence-electron chi connectivity index (χ2n) is 8.96. The van der Waals surface area contributed by atoms with Gasteiger partial charge < -0.3 is 10.1 Å². The van der Waals surface area contributed by atoms with Gasteiger partial charge in [-0.3, -0.25) is 9.59 Å². The molecule has 0 unspecified atom stereocenters. The number of hydrogen-bond acceptors (Lipinski definition) is 5. The first-order valence-corrected chi connectivity index (χ1v) is 12.3. The number of ether oxygens (including phenoxy) is 1. The molecule has 0 spiro atoms. The summed E-state index contributed by atoms with van der Waals surface area (Å²) in [5.74, 6) is -1.68. The van der Waals surface area contributed by atoms with Crippen LogP contribution in [0.1, 0.15) is 69.3 Å². The fourth-order valence-electron chi connectivity index (χ4n) is 4.48. The molecule has 0 aliphatic heterocycles. The average molecular weight is 499 g/mol. The van der Waals surface area contributed by atoms with E-state index in [2.05, 4.69) is 5.32 Å². The summed E-state index contributed by atoms with van der Waals surface area (Å²) >= 11 is 0. The second-order valence-corrected chi connectivity index (χ2v) is 8.96. The lowest BCUT2D eigenvalue weighted by Gasteiger charge is -2.25. The number of hydrogen-bond donors (Lipinski definition) is 1. The highest BCUT2D eigenvalue weighted by molar-refractivity contribution is 6.24. The molecule has 6 nitrogen and oxygen atoms in total. The molecule has 3 aromatic carbocycles. The maximum absolute atomic E-state index is 14.1. The van der Waals surface area contributed by atoms with Crippen molar-refractivity contribution < 1.29 is 19.1 Å². The SMILES string of the molecule is C/C=C/c1ccc(C(=O)N(C(C)=O)c2c(C)cccc2C)c(C(=O)OCC)c1Nc1c(C)cccc1C. The summed E-state index contributed by atoms with van der Waals surface area (Å²) in [6.45, 7) is 12.7. The minimum Gasteiger partial charge on any atom is -0.462 e. The van der Waals surface area contributed by atoms with E-state index >= 15 is 0 Å². The standard InChI is InChI=1S/C31H34N2O4/c1-8-12-24-17-18-25(30(35)33(23(7)34)29-21(5)15-11-16-22(29)6)26(31(36)37-9-2)28(24)32-27-19(3)13-10-14-20(27)4/h8,10-18,32H,9H2,1-7H3/b12-8+.